The molecule has 142 valence electrons. The van der Waals surface area contributed by atoms with E-state index in [1.165, 1.54) is 38.4 Å². The van der Waals surface area contributed by atoms with Gasteiger partial charge < -0.3 is 10.6 Å². The minimum atomic E-state index is -3.59. The van der Waals surface area contributed by atoms with Crippen molar-refractivity contribution in [1.82, 2.24) is 9.62 Å². The lowest BCUT2D eigenvalue weighted by atomic mass is 10.2. The monoisotopic (exact) mass is 387 g/mol. The Hall–Kier alpha value is -2.97. The van der Waals surface area contributed by atoms with Gasteiger partial charge in [0.25, 0.3) is 0 Å². The Bertz CT molecular complexity index is 938. The van der Waals surface area contributed by atoms with Crippen LogP contribution in [0.5, 0.6) is 0 Å². The minimum absolute atomic E-state index is 0.0696. The summed E-state index contributed by atoms with van der Waals surface area (Å²) in [6.45, 7) is -0.234. The molecule has 27 heavy (non-hydrogen) atoms. The third-order valence-electron chi connectivity index (χ3n) is 3.55. The number of hydrogen-bond donors (Lipinski definition) is 2. The van der Waals surface area contributed by atoms with Gasteiger partial charge in [0, 0.05) is 25.9 Å². The van der Waals surface area contributed by atoms with Gasteiger partial charge >= 0.3 is 0 Å². The van der Waals surface area contributed by atoms with Crippen molar-refractivity contribution in [2.75, 3.05) is 26.0 Å². The van der Waals surface area contributed by atoms with Crippen molar-refractivity contribution in [3.05, 3.63) is 66.2 Å². The molecule has 0 atom stereocenters. The molecule has 0 saturated heterocycles. The predicted molar refractivity (Wildman–Crippen MR) is 104 cm³/mol. The quantitative estimate of drug-likeness (QED) is 0.707. The van der Waals surface area contributed by atoms with E-state index in [-0.39, 0.29) is 11.4 Å². The third-order valence-corrected chi connectivity index (χ3v) is 5.36. The highest BCUT2D eigenvalue weighted by Crippen LogP contribution is 2.17. The average molecular weight is 387 g/mol. The second kappa shape index (κ2) is 9.11. The first-order valence-electron chi connectivity index (χ1n) is 8.12. The second-order valence-electron chi connectivity index (χ2n) is 5.83. The number of anilines is 1. The highest BCUT2D eigenvalue weighted by atomic mass is 32.2. The lowest BCUT2D eigenvalue weighted by molar-refractivity contribution is -0.121. The summed E-state index contributed by atoms with van der Waals surface area (Å²) in [7, 11) is -0.732. The number of hydrogen-bond acceptors (Lipinski definition) is 4. The fraction of sp³-hybridized carbons (Fsp3) is 0.158. The van der Waals surface area contributed by atoms with E-state index in [1.54, 1.807) is 12.1 Å². The summed E-state index contributed by atoms with van der Waals surface area (Å²) in [6.07, 6.45) is 2.98. The molecule has 0 fully saturated rings. The Balaban J connectivity index is 1.91. The van der Waals surface area contributed by atoms with Crippen LogP contribution in [0, 0.1) is 0 Å². The zero-order chi connectivity index (χ0) is 19.9. The Kier molecular flexibility index (Phi) is 6.86. The molecule has 0 aliphatic heterocycles. The number of carbonyl (C=O) groups is 2. The van der Waals surface area contributed by atoms with E-state index in [0.29, 0.717) is 5.69 Å². The molecule has 0 unspecified atom stereocenters. The predicted octanol–water partition coefficient (Wildman–Crippen LogP) is 1.70. The number of rotatable bonds is 7. The first-order chi connectivity index (χ1) is 12.8. The number of nitrogens with one attached hydrogen (secondary N) is 2. The van der Waals surface area contributed by atoms with E-state index in [4.69, 9.17) is 0 Å². The molecule has 0 spiro atoms. The Morgan fingerprint density at radius 1 is 1.04 bits per heavy atom. The highest BCUT2D eigenvalue weighted by molar-refractivity contribution is 7.89. The first-order valence-corrected chi connectivity index (χ1v) is 9.56. The Morgan fingerprint density at radius 2 is 1.74 bits per heavy atom. The van der Waals surface area contributed by atoms with Crippen LogP contribution < -0.4 is 10.6 Å². The van der Waals surface area contributed by atoms with Crippen molar-refractivity contribution in [2.45, 2.75) is 4.90 Å². The standard InChI is InChI=1S/C19H21N3O4S/c1-22(2)27(25,26)17-10-6-9-16(13-17)21-19(24)14-20-18(23)12-11-15-7-4-3-5-8-15/h3-13H,14H2,1-2H3,(H,20,23)(H,21,24)/b12-11+. The zero-order valence-electron chi connectivity index (χ0n) is 15.0. The van der Waals surface area contributed by atoms with Crippen LogP contribution in [0.15, 0.2) is 65.6 Å². The summed E-state index contributed by atoms with van der Waals surface area (Å²) in [4.78, 5) is 23.8. The number of carbonyl (C=O) groups excluding carboxylic acids is 2. The van der Waals surface area contributed by atoms with E-state index in [1.807, 2.05) is 30.3 Å². The summed E-state index contributed by atoms with van der Waals surface area (Å²) >= 11 is 0. The molecule has 2 N–H and O–H groups in total. The number of sulfonamides is 1. The Morgan fingerprint density at radius 3 is 2.41 bits per heavy atom. The van der Waals surface area contributed by atoms with Gasteiger partial charge in [0.2, 0.25) is 21.8 Å². The molecule has 2 aromatic carbocycles. The van der Waals surface area contributed by atoms with Crippen LogP contribution in [-0.2, 0) is 19.6 Å². The van der Waals surface area contributed by atoms with Crippen LogP contribution in [0.3, 0.4) is 0 Å². The lowest BCUT2D eigenvalue weighted by Gasteiger charge is -2.12. The van der Waals surface area contributed by atoms with Gasteiger partial charge in [0.05, 0.1) is 11.4 Å². The van der Waals surface area contributed by atoms with Crippen LogP contribution >= 0.6 is 0 Å². The summed E-state index contributed by atoms with van der Waals surface area (Å²) in [6, 6.07) is 15.2. The molecular formula is C19H21N3O4S. The third kappa shape index (κ3) is 6.05. The van der Waals surface area contributed by atoms with Gasteiger partial charge in [-0.3, -0.25) is 9.59 Å². The van der Waals surface area contributed by atoms with Crippen molar-refractivity contribution in [2.24, 2.45) is 0 Å². The van der Waals surface area contributed by atoms with Gasteiger partial charge in [-0.05, 0) is 29.8 Å². The highest BCUT2D eigenvalue weighted by Gasteiger charge is 2.17. The Labute approximate surface area is 158 Å². The fourth-order valence-corrected chi connectivity index (χ4v) is 3.06. The molecule has 0 saturated carbocycles. The molecule has 2 aromatic rings. The van der Waals surface area contributed by atoms with E-state index in [0.717, 1.165) is 9.87 Å². The maximum atomic E-state index is 12.1. The fourth-order valence-electron chi connectivity index (χ4n) is 2.11. The van der Waals surface area contributed by atoms with Crippen LogP contribution in [0.2, 0.25) is 0 Å². The van der Waals surface area contributed by atoms with Gasteiger partial charge in [0.1, 0.15) is 0 Å². The molecule has 0 aliphatic rings. The maximum absolute atomic E-state index is 12.1. The van der Waals surface area contributed by atoms with Crippen LogP contribution in [-0.4, -0.2) is 45.2 Å². The zero-order valence-corrected chi connectivity index (χ0v) is 15.9. The second-order valence-corrected chi connectivity index (χ2v) is 7.98. The number of benzene rings is 2. The van der Waals surface area contributed by atoms with Crippen LogP contribution in [0.1, 0.15) is 5.56 Å². The molecule has 0 bridgehead atoms. The molecule has 2 rings (SSSR count). The van der Waals surface area contributed by atoms with E-state index >= 15 is 0 Å². The molecule has 0 heterocycles. The topological polar surface area (TPSA) is 95.6 Å². The molecule has 8 heteroatoms. The van der Waals surface area contributed by atoms with Crippen molar-refractivity contribution in [3.8, 4) is 0 Å². The van der Waals surface area contributed by atoms with Gasteiger partial charge in [-0.15, -0.1) is 0 Å². The molecule has 2 amide bonds. The lowest BCUT2D eigenvalue weighted by Crippen LogP contribution is -2.31. The van der Waals surface area contributed by atoms with E-state index < -0.39 is 21.8 Å². The summed E-state index contributed by atoms with van der Waals surface area (Å²) in [5.74, 6) is -0.867. The van der Waals surface area contributed by atoms with Crippen LogP contribution in [0.4, 0.5) is 5.69 Å². The van der Waals surface area contributed by atoms with Gasteiger partial charge in [0.15, 0.2) is 0 Å². The van der Waals surface area contributed by atoms with Gasteiger partial charge in [-0.1, -0.05) is 36.4 Å². The molecule has 0 aliphatic carbocycles. The number of amides is 2. The summed E-state index contributed by atoms with van der Waals surface area (Å²) in [5, 5.41) is 5.03. The van der Waals surface area contributed by atoms with E-state index in [2.05, 4.69) is 10.6 Å². The smallest absolute Gasteiger partial charge is 0.244 e. The summed E-state index contributed by atoms with van der Waals surface area (Å²) < 4.78 is 25.3. The molecular weight excluding hydrogens is 366 g/mol. The van der Waals surface area contributed by atoms with Gasteiger partial charge in [-0.2, -0.15) is 0 Å². The number of nitrogens with zero attached hydrogens (tertiary/aromatic N) is 1. The minimum Gasteiger partial charge on any atom is -0.343 e. The summed E-state index contributed by atoms with van der Waals surface area (Å²) in [5.41, 5.74) is 1.20. The SMILES string of the molecule is CN(C)S(=O)(=O)c1cccc(NC(=O)CNC(=O)/C=C/c2ccccc2)c1. The average Bonchev–Trinajstić information content (AvgIpc) is 2.65. The molecule has 7 nitrogen and oxygen atoms in total. The normalized spacial score (nSPS) is 11.5. The molecule has 0 aromatic heterocycles. The van der Waals surface area contributed by atoms with Crippen molar-refractivity contribution in [1.29, 1.82) is 0 Å². The van der Waals surface area contributed by atoms with Crippen molar-refractivity contribution in [3.63, 3.8) is 0 Å². The van der Waals surface area contributed by atoms with Gasteiger partial charge in [-0.25, -0.2) is 12.7 Å². The van der Waals surface area contributed by atoms with Crippen LogP contribution in [0.25, 0.3) is 6.08 Å². The molecule has 0 radical (unpaired) electrons. The maximum Gasteiger partial charge on any atom is 0.244 e. The van der Waals surface area contributed by atoms with Crippen molar-refractivity contribution >= 4 is 33.6 Å². The largest absolute Gasteiger partial charge is 0.343 e. The van der Waals surface area contributed by atoms with E-state index in [9.17, 15) is 18.0 Å². The van der Waals surface area contributed by atoms with Crippen molar-refractivity contribution < 1.29 is 18.0 Å². The first kappa shape index (κ1) is 20.3.